The summed E-state index contributed by atoms with van der Waals surface area (Å²) in [6.07, 6.45) is 0. The van der Waals surface area contributed by atoms with Gasteiger partial charge in [0, 0.05) is 5.69 Å². The first kappa shape index (κ1) is 46.3. The van der Waals surface area contributed by atoms with E-state index in [-0.39, 0.29) is 6.07 Å². The monoisotopic (exact) mass is 962 g/mol. The van der Waals surface area contributed by atoms with Gasteiger partial charge < -0.3 is 16.2 Å². The number of phenols is 1. The SMILES string of the molecule is N#Cc1c(F)c(F)c(C#N)c(Nc2ccc(S(=O)(=O)O)c(N=Nc3c(S(=O)(=O)O)cc4cc(S(=O)(=O)O)c(N=Nc5ccc(S(=O)(=O)O)cc5S(=O)(=O)O)c(N)c4c3O)c2)c1F. The van der Waals surface area contributed by atoms with E-state index in [4.69, 9.17) is 11.0 Å². The number of benzene rings is 5. The average molecular weight is 963 g/mol. The number of anilines is 3. The number of rotatable bonds is 11. The third-order valence-corrected chi connectivity index (χ3v) is 12.3. The van der Waals surface area contributed by atoms with E-state index in [2.05, 4.69) is 25.8 Å². The highest BCUT2D eigenvalue weighted by Gasteiger charge is 2.30. The molecule has 0 aliphatic heterocycles. The molecule has 0 fully saturated rings. The summed E-state index contributed by atoms with van der Waals surface area (Å²) in [6.45, 7) is 0. The summed E-state index contributed by atoms with van der Waals surface area (Å²) in [5, 5.41) is 44.0. The van der Waals surface area contributed by atoms with Crippen LogP contribution in [0.25, 0.3) is 10.8 Å². The van der Waals surface area contributed by atoms with Gasteiger partial charge in [-0.25, -0.2) is 13.2 Å². The van der Waals surface area contributed by atoms with Crippen LogP contribution in [0.1, 0.15) is 11.1 Å². The van der Waals surface area contributed by atoms with Crippen molar-refractivity contribution in [3.8, 4) is 17.9 Å². The van der Waals surface area contributed by atoms with Crippen molar-refractivity contribution in [1.82, 2.24) is 0 Å². The maximum Gasteiger partial charge on any atom is 0.296 e. The maximum absolute atomic E-state index is 15.1. The van der Waals surface area contributed by atoms with Crippen LogP contribution in [0.15, 0.2) is 93.5 Å². The van der Waals surface area contributed by atoms with E-state index in [1.807, 2.05) is 0 Å². The Balaban J connectivity index is 1.78. The van der Waals surface area contributed by atoms with Crippen molar-refractivity contribution in [1.29, 1.82) is 10.5 Å². The van der Waals surface area contributed by atoms with Crippen LogP contribution in [0.4, 0.5) is 53.0 Å². The summed E-state index contributed by atoms with van der Waals surface area (Å²) in [5.74, 6) is -7.28. The average Bonchev–Trinajstić information content (AvgIpc) is 3.14. The number of nitriles is 2. The number of azo groups is 2. The molecule has 9 N–H and O–H groups in total. The number of hydrogen-bond acceptors (Lipinski definition) is 19. The van der Waals surface area contributed by atoms with Gasteiger partial charge in [0.2, 0.25) is 0 Å². The molecular weight excluding hydrogens is 946 g/mol. The van der Waals surface area contributed by atoms with Gasteiger partial charge >= 0.3 is 0 Å². The van der Waals surface area contributed by atoms with Crippen molar-refractivity contribution in [3.05, 3.63) is 77.1 Å². The molecule has 5 aromatic carbocycles. The molecule has 0 saturated heterocycles. The molecule has 32 heteroatoms. The Morgan fingerprint density at radius 2 is 1.06 bits per heavy atom. The molecule has 0 atom stereocenters. The van der Waals surface area contributed by atoms with E-state index >= 15 is 4.39 Å². The fourth-order valence-electron chi connectivity index (χ4n) is 5.27. The van der Waals surface area contributed by atoms with Gasteiger partial charge in [0.15, 0.2) is 23.2 Å². The molecule has 0 aliphatic carbocycles. The summed E-state index contributed by atoms with van der Waals surface area (Å²) in [7, 11) is -27.0. The van der Waals surface area contributed by atoms with Crippen molar-refractivity contribution < 1.29 is 83.1 Å². The summed E-state index contributed by atoms with van der Waals surface area (Å²) >= 11 is 0. The lowest BCUT2D eigenvalue weighted by Gasteiger charge is -2.14. The Kier molecular flexibility index (Phi) is 11.9. The molecule has 24 nitrogen and oxygen atoms in total. The van der Waals surface area contributed by atoms with Gasteiger partial charge in [0.05, 0.1) is 21.7 Å². The lowest BCUT2D eigenvalue weighted by molar-refractivity contribution is 0.472. The smallest absolute Gasteiger partial charge is 0.296 e. The highest BCUT2D eigenvalue weighted by atomic mass is 32.2. The minimum Gasteiger partial charge on any atom is -0.505 e. The summed E-state index contributed by atoms with van der Waals surface area (Å²) < 4.78 is 214. The van der Waals surface area contributed by atoms with Gasteiger partial charge in [-0.05, 0) is 53.9 Å². The van der Waals surface area contributed by atoms with Crippen LogP contribution in [0.5, 0.6) is 5.75 Å². The first-order valence-electron chi connectivity index (χ1n) is 15.3. The predicted octanol–water partition coefficient (Wildman–Crippen LogP) is 5.10. The third-order valence-electron chi connectivity index (χ3n) is 7.94. The summed E-state index contributed by atoms with van der Waals surface area (Å²) in [4.78, 5) is -6.42. The number of hydrogen-bond donors (Lipinski definition) is 8. The van der Waals surface area contributed by atoms with Crippen LogP contribution in [0.3, 0.4) is 0 Å². The van der Waals surface area contributed by atoms with Gasteiger partial charge in [-0.2, -0.15) is 52.6 Å². The normalized spacial score (nSPS) is 12.8. The second kappa shape index (κ2) is 16.0. The minimum absolute atomic E-state index is 0.209. The van der Waals surface area contributed by atoms with Crippen molar-refractivity contribution in [2.75, 3.05) is 11.1 Å². The molecule has 0 bridgehead atoms. The van der Waals surface area contributed by atoms with E-state index in [1.54, 1.807) is 0 Å². The summed E-state index contributed by atoms with van der Waals surface area (Å²) in [5.41, 5.74) is -4.12. The number of nitrogens with zero attached hydrogens (tertiary/aromatic N) is 6. The largest absolute Gasteiger partial charge is 0.505 e. The lowest BCUT2D eigenvalue weighted by Crippen LogP contribution is -2.07. The Bertz CT molecular complexity index is 3560. The zero-order valence-electron chi connectivity index (χ0n) is 29.3. The van der Waals surface area contributed by atoms with Crippen LogP contribution in [-0.2, 0) is 50.6 Å². The second-order valence-corrected chi connectivity index (χ2v) is 18.8. The van der Waals surface area contributed by atoms with Crippen LogP contribution >= 0.6 is 0 Å². The number of phenolic OH excluding ortho intramolecular Hbond substituents is 1. The van der Waals surface area contributed by atoms with E-state index in [0.717, 1.165) is 18.2 Å². The van der Waals surface area contributed by atoms with E-state index in [9.17, 15) is 84.0 Å². The maximum atomic E-state index is 15.1. The first-order valence-corrected chi connectivity index (χ1v) is 22.5. The zero-order valence-corrected chi connectivity index (χ0v) is 33.4. The summed E-state index contributed by atoms with van der Waals surface area (Å²) in [6, 6.07) is 6.09. The minimum atomic E-state index is -5.61. The molecule has 0 unspecified atom stereocenters. The fraction of sp³-hybridized carbons (Fsp3) is 0. The Labute approximate surface area is 344 Å². The number of nitrogen functional groups attached to an aromatic ring is 1. The van der Waals surface area contributed by atoms with Crippen LogP contribution in [-0.4, -0.2) is 70.0 Å². The fourth-order valence-corrected chi connectivity index (χ4v) is 8.44. The van der Waals surface area contributed by atoms with Crippen molar-refractivity contribution in [2.45, 2.75) is 24.5 Å². The number of nitrogens with two attached hydrogens (primary N) is 1. The van der Waals surface area contributed by atoms with Crippen LogP contribution < -0.4 is 11.1 Å². The van der Waals surface area contributed by atoms with Gasteiger partial charge in [0.25, 0.3) is 50.6 Å². The number of halogens is 3. The first-order chi connectivity index (χ1) is 28.4. The van der Waals surface area contributed by atoms with Crippen LogP contribution in [0.2, 0.25) is 0 Å². The number of aromatic hydroxyl groups is 1. The van der Waals surface area contributed by atoms with E-state index in [0.29, 0.717) is 36.4 Å². The number of nitrogens with one attached hydrogen (secondary N) is 1. The molecule has 5 rings (SSSR count). The Morgan fingerprint density at radius 3 is 1.58 bits per heavy atom. The van der Waals surface area contributed by atoms with Gasteiger partial charge in [-0.3, -0.25) is 22.8 Å². The quantitative estimate of drug-likeness (QED) is 0.0369. The highest BCUT2D eigenvalue weighted by Crippen LogP contribution is 2.49. The second-order valence-electron chi connectivity index (χ2n) is 11.8. The Morgan fingerprint density at radius 1 is 0.565 bits per heavy atom. The molecule has 0 radical (unpaired) electrons. The van der Waals surface area contributed by atoms with Gasteiger partial charge in [-0.1, -0.05) is 0 Å². The lowest BCUT2D eigenvalue weighted by atomic mass is 10.1. The molecule has 0 aliphatic rings. The van der Waals surface area contributed by atoms with Crippen molar-refractivity contribution >= 4 is 101 Å². The standard InChI is InChI=1S/C30H17F3N8O16S5/c31-23-14(9-34)25(33)27(15(10-35)24(23)32)37-12-1-4-18(59(46,47)48)17(7-12)39-41-29-21(62(55,56)57)6-11-5-20(61(52,53)54)28(26(36)22(11)30(29)42)40-38-16-3-2-13(58(43,44)45)8-19(16)60(49,50)51/h1-8,37,42H,36H2,(H,43,44,45)(H,46,47,48)(H,49,50,51)(H,52,53,54)(H,55,56,57). The molecule has 0 heterocycles. The van der Waals surface area contributed by atoms with E-state index in [1.165, 1.54) is 0 Å². The van der Waals surface area contributed by atoms with Crippen LogP contribution in [0, 0.1) is 40.1 Å². The molecule has 0 spiro atoms. The molecule has 5 aromatic rings. The van der Waals surface area contributed by atoms with Gasteiger partial charge in [-0.15, -0.1) is 20.5 Å². The zero-order chi connectivity index (χ0) is 46.7. The van der Waals surface area contributed by atoms with Crippen molar-refractivity contribution in [2.24, 2.45) is 20.5 Å². The number of fused-ring (bicyclic) bond motifs is 1. The third kappa shape index (κ3) is 8.99. The predicted molar refractivity (Wildman–Crippen MR) is 199 cm³/mol. The molecular formula is C30H17F3N8O16S5. The molecule has 324 valence electrons. The highest BCUT2D eigenvalue weighted by molar-refractivity contribution is 7.87. The molecule has 0 aromatic heterocycles. The molecule has 0 amide bonds. The van der Waals surface area contributed by atoms with Gasteiger partial charge in [0.1, 0.15) is 65.6 Å². The van der Waals surface area contributed by atoms with Crippen molar-refractivity contribution in [3.63, 3.8) is 0 Å². The topological polar surface area (TPSA) is 427 Å². The molecule has 62 heavy (non-hydrogen) atoms. The van der Waals surface area contributed by atoms with E-state index < -0.39 is 160 Å². The molecule has 0 saturated carbocycles. The Hall–Kier alpha value is -6.72.